The lowest BCUT2D eigenvalue weighted by molar-refractivity contribution is 0.403. The van der Waals surface area contributed by atoms with Gasteiger partial charge in [-0.2, -0.15) is 0 Å². The van der Waals surface area contributed by atoms with Gasteiger partial charge >= 0.3 is 0 Å². The molecule has 3 nitrogen and oxygen atoms in total. The van der Waals surface area contributed by atoms with Crippen molar-refractivity contribution >= 4 is 0 Å². The maximum atomic E-state index is 10.1. The summed E-state index contributed by atoms with van der Waals surface area (Å²) in [6.07, 6.45) is 2.62. The predicted molar refractivity (Wildman–Crippen MR) is 272 cm³/mol. The summed E-state index contributed by atoms with van der Waals surface area (Å²) >= 11 is 0. The zero-order valence-electron chi connectivity index (χ0n) is 43.2. The molecule has 0 atom stereocenters. The van der Waals surface area contributed by atoms with Crippen LogP contribution >= 0.6 is 0 Å². The summed E-state index contributed by atoms with van der Waals surface area (Å²) in [4.78, 5) is 14.6. The Kier molecular flexibility index (Phi) is 10.5. The summed E-state index contributed by atoms with van der Waals surface area (Å²) in [5.41, 5.74) is 13.2. The largest absolute Gasteiger partial charge is 0.256 e. The Bertz CT molecular complexity index is 2990. The number of benzene rings is 5. The lowest BCUT2D eigenvalue weighted by atomic mass is 9.77. The van der Waals surface area contributed by atoms with E-state index in [0.29, 0.717) is 24.1 Å². The van der Waals surface area contributed by atoms with Crippen LogP contribution in [0.4, 0.5) is 0 Å². The van der Waals surface area contributed by atoms with E-state index in [0.717, 1.165) is 62.3 Å². The molecule has 0 fully saturated rings. The van der Waals surface area contributed by atoms with Crippen LogP contribution in [0, 0.1) is 0 Å². The molecule has 5 aromatic carbocycles. The van der Waals surface area contributed by atoms with Gasteiger partial charge in [-0.15, -0.1) is 0 Å². The molecule has 8 aromatic rings. The number of nitrogens with zero attached hydrogens (tertiary/aromatic N) is 3. The zero-order valence-corrected chi connectivity index (χ0v) is 39.2. The number of hydrogen-bond acceptors (Lipinski definition) is 3. The molecule has 0 saturated carbocycles. The maximum absolute atomic E-state index is 10.1. The molecule has 0 N–H and O–H groups in total. The maximum Gasteiger partial charge on any atom is 0.0708 e. The van der Waals surface area contributed by atoms with Crippen molar-refractivity contribution in [3.8, 4) is 44.9 Å². The lowest BCUT2D eigenvalue weighted by Gasteiger charge is -2.28. The van der Waals surface area contributed by atoms with Gasteiger partial charge in [0, 0.05) is 40.8 Å². The van der Waals surface area contributed by atoms with Crippen LogP contribution in [0.3, 0.4) is 0 Å². The fourth-order valence-electron chi connectivity index (χ4n) is 10.3. The molecule has 3 aromatic heterocycles. The second kappa shape index (κ2) is 17.5. The fourth-order valence-corrected chi connectivity index (χ4v) is 10.3. The van der Waals surface area contributed by atoms with Crippen LogP contribution < -0.4 is 0 Å². The minimum Gasteiger partial charge on any atom is -0.256 e. The van der Waals surface area contributed by atoms with Gasteiger partial charge in [0.1, 0.15) is 0 Å². The average molecular weight is 854 g/mol. The second-order valence-electron chi connectivity index (χ2n) is 20.7. The quantitative estimate of drug-likeness (QED) is 0.116. The van der Waals surface area contributed by atoms with Gasteiger partial charge in [-0.3, -0.25) is 15.0 Å². The van der Waals surface area contributed by atoms with Crippen molar-refractivity contribution in [1.82, 2.24) is 15.0 Å². The molecule has 1 aliphatic rings. The van der Waals surface area contributed by atoms with Gasteiger partial charge in [0.25, 0.3) is 0 Å². The van der Waals surface area contributed by atoms with E-state index in [1.807, 2.05) is 97.3 Å². The van der Waals surface area contributed by atoms with Gasteiger partial charge in [-0.1, -0.05) is 195 Å². The molecule has 0 aliphatic heterocycles. The third-order valence-electron chi connectivity index (χ3n) is 13.6. The molecule has 0 spiro atoms. The van der Waals surface area contributed by atoms with E-state index in [2.05, 4.69) is 128 Å². The minimum atomic E-state index is -2.52. The zero-order chi connectivity index (χ0) is 49.0. The normalized spacial score (nSPS) is 15.6. The molecular weight excluding hydrogens is 787 g/mol. The summed E-state index contributed by atoms with van der Waals surface area (Å²) in [5, 5.41) is 0. The standard InChI is InChI=1S/C62H63N3/c1-59(2,51-27-30-56(64-40-51)46-18-12-9-13-19-46)37-44-32-43(33-45(34-44)38-60(3,4)52-28-31-57(65-41-52)47-20-14-10-15-21-47)24-25-50-39-63-58(48-22-16-11-17-23-48)36-53(50)49-26-29-54-55(35-49)62(7,8)42-61(54,5)6/h9-23,26-36,39-41H,24-25,37-38,42H2,1-8H3/i24D2,25D2. The number of aromatic nitrogens is 3. The number of hydrogen-bond donors (Lipinski definition) is 0. The Morgan fingerprint density at radius 1 is 0.446 bits per heavy atom. The summed E-state index contributed by atoms with van der Waals surface area (Å²) < 4.78 is 40.2. The molecule has 0 saturated heterocycles. The van der Waals surface area contributed by atoms with Gasteiger partial charge < -0.3 is 0 Å². The summed E-state index contributed by atoms with van der Waals surface area (Å²) in [5.74, 6) is 0. The first kappa shape index (κ1) is 39.0. The molecule has 0 unspecified atom stereocenters. The van der Waals surface area contributed by atoms with Crippen LogP contribution in [0.15, 0.2) is 176 Å². The van der Waals surface area contributed by atoms with Crippen LogP contribution in [0.1, 0.15) is 112 Å². The van der Waals surface area contributed by atoms with Crippen molar-refractivity contribution in [3.63, 3.8) is 0 Å². The van der Waals surface area contributed by atoms with Crippen molar-refractivity contribution in [1.29, 1.82) is 0 Å². The first-order chi connectivity index (χ1) is 32.6. The number of pyridine rings is 3. The highest BCUT2D eigenvalue weighted by Crippen LogP contribution is 2.50. The highest BCUT2D eigenvalue weighted by Gasteiger charge is 2.42. The van der Waals surface area contributed by atoms with Crippen molar-refractivity contribution in [2.24, 2.45) is 0 Å². The number of fused-ring (bicyclic) bond motifs is 1. The summed E-state index contributed by atoms with van der Waals surface area (Å²) in [7, 11) is 0. The van der Waals surface area contributed by atoms with Crippen LogP contribution in [-0.4, -0.2) is 15.0 Å². The molecule has 0 bridgehead atoms. The van der Waals surface area contributed by atoms with Crippen molar-refractivity contribution < 1.29 is 5.48 Å². The number of rotatable bonds is 13. The number of aryl methyl sites for hydroxylation is 2. The van der Waals surface area contributed by atoms with Gasteiger partial charge in [0.05, 0.1) is 17.1 Å². The van der Waals surface area contributed by atoms with Gasteiger partial charge in [0.2, 0.25) is 0 Å². The third kappa shape index (κ3) is 9.52. The first-order valence-corrected chi connectivity index (χ1v) is 23.0. The van der Waals surface area contributed by atoms with Crippen LogP contribution in [-0.2, 0) is 47.2 Å². The molecule has 65 heavy (non-hydrogen) atoms. The fraction of sp³-hybridized carbons (Fsp3) is 0.274. The molecule has 0 radical (unpaired) electrons. The SMILES string of the molecule is [2H]C([2H])(c1cc(CC(C)(C)c2ccc(-c3ccccc3)nc2)cc(CC(C)(C)c2ccc(-c3ccccc3)nc2)c1)C([2H])([2H])c1cnc(-c2ccccc2)cc1-c1ccc2c(c1)C(C)(C)CC2(C)C. The third-order valence-corrected chi connectivity index (χ3v) is 13.6. The topological polar surface area (TPSA) is 38.7 Å². The first-order valence-electron chi connectivity index (χ1n) is 25.0. The van der Waals surface area contributed by atoms with E-state index in [9.17, 15) is 5.48 Å². The smallest absolute Gasteiger partial charge is 0.0708 e. The van der Waals surface area contributed by atoms with Crippen molar-refractivity contribution in [2.75, 3.05) is 0 Å². The van der Waals surface area contributed by atoms with E-state index < -0.39 is 23.6 Å². The van der Waals surface area contributed by atoms with E-state index >= 15 is 0 Å². The predicted octanol–water partition coefficient (Wildman–Crippen LogP) is 15.3. The molecule has 0 amide bonds. The highest BCUT2D eigenvalue weighted by atomic mass is 14.7. The highest BCUT2D eigenvalue weighted by molar-refractivity contribution is 5.75. The van der Waals surface area contributed by atoms with Gasteiger partial charge in [0.15, 0.2) is 0 Å². The molecule has 9 rings (SSSR count). The van der Waals surface area contributed by atoms with Crippen LogP contribution in [0.5, 0.6) is 0 Å². The summed E-state index contributed by atoms with van der Waals surface area (Å²) in [6.45, 7) is 17.9. The Labute approximate surface area is 393 Å². The lowest BCUT2D eigenvalue weighted by Crippen LogP contribution is -2.23. The van der Waals surface area contributed by atoms with Crippen LogP contribution in [0.25, 0.3) is 44.9 Å². The molecule has 326 valence electrons. The molecular formula is C62H63N3. The van der Waals surface area contributed by atoms with Crippen molar-refractivity contribution in [2.45, 2.75) is 109 Å². The Morgan fingerprint density at radius 2 is 0.908 bits per heavy atom. The Balaban J connectivity index is 1.14. The van der Waals surface area contributed by atoms with E-state index in [-0.39, 0.29) is 22.0 Å². The van der Waals surface area contributed by atoms with E-state index in [1.54, 1.807) is 6.20 Å². The van der Waals surface area contributed by atoms with Crippen molar-refractivity contribution in [3.05, 3.63) is 221 Å². The minimum absolute atomic E-state index is 0.00411. The van der Waals surface area contributed by atoms with Gasteiger partial charge in [-0.05, 0) is 128 Å². The molecule has 3 heteroatoms. The molecule has 1 aliphatic carbocycles. The average Bonchev–Trinajstić information content (AvgIpc) is 3.53. The van der Waals surface area contributed by atoms with Crippen LogP contribution in [0.2, 0.25) is 0 Å². The van der Waals surface area contributed by atoms with E-state index in [1.165, 1.54) is 11.1 Å². The van der Waals surface area contributed by atoms with E-state index in [4.69, 9.17) is 15.0 Å². The Morgan fingerprint density at radius 3 is 1.40 bits per heavy atom. The Hall–Kier alpha value is -6.45. The monoisotopic (exact) mass is 854 g/mol. The summed E-state index contributed by atoms with van der Waals surface area (Å²) in [6, 6.07) is 53.1. The second-order valence-corrected chi connectivity index (χ2v) is 20.7. The van der Waals surface area contributed by atoms with Gasteiger partial charge in [-0.25, -0.2) is 0 Å². The molecule has 3 heterocycles.